The second-order valence-electron chi connectivity index (χ2n) is 7.04. The van der Waals surface area contributed by atoms with Gasteiger partial charge in [-0.25, -0.2) is 12.7 Å². The van der Waals surface area contributed by atoms with Crippen LogP contribution in [0.1, 0.15) is 37.0 Å². The number of hydrogen-bond acceptors (Lipinski definition) is 4. The Morgan fingerprint density at radius 1 is 1.08 bits per heavy atom. The van der Waals surface area contributed by atoms with Gasteiger partial charge in [-0.3, -0.25) is 9.59 Å². The van der Waals surface area contributed by atoms with Crippen LogP contribution in [0.2, 0.25) is 0 Å². The summed E-state index contributed by atoms with van der Waals surface area (Å²) in [6.45, 7) is 5.25. The minimum absolute atomic E-state index is 0.0413. The number of benzene rings is 1. The molecular formula is C18H27N3O4S. The topological polar surface area (TPSA) is 86.8 Å². The first-order valence-corrected chi connectivity index (χ1v) is 10.2. The Bertz CT molecular complexity index is 751. The van der Waals surface area contributed by atoms with E-state index in [1.165, 1.54) is 38.4 Å². The van der Waals surface area contributed by atoms with Crippen molar-refractivity contribution >= 4 is 21.8 Å². The molecule has 1 N–H and O–H groups in total. The molecule has 1 atom stereocenters. The quantitative estimate of drug-likeness (QED) is 0.805. The predicted molar refractivity (Wildman–Crippen MR) is 99.2 cm³/mol. The maximum atomic E-state index is 12.6. The van der Waals surface area contributed by atoms with Gasteiger partial charge < -0.3 is 10.2 Å². The number of carbonyl (C=O) groups excluding carboxylic acids is 2. The van der Waals surface area contributed by atoms with Crippen LogP contribution in [0.25, 0.3) is 0 Å². The molecule has 0 radical (unpaired) electrons. The second-order valence-corrected chi connectivity index (χ2v) is 9.19. The number of amides is 2. The lowest BCUT2D eigenvalue weighted by molar-refractivity contribution is -0.133. The van der Waals surface area contributed by atoms with Gasteiger partial charge in [-0.2, -0.15) is 0 Å². The Labute approximate surface area is 155 Å². The van der Waals surface area contributed by atoms with E-state index in [4.69, 9.17) is 0 Å². The second kappa shape index (κ2) is 8.18. The number of nitrogens with one attached hydrogen (secondary N) is 1. The van der Waals surface area contributed by atoms with Crippen LogP contribution >= 0.6 is 0 Å². The van der Waals surface area contributed by atoms with Crippen LogP contribution in [-0.2, 0) is 14.8 Å². The van der Waals surface area contributed by atoms with Gasteiger partial charge in [0.1, 0.15) is 6.04 Å². The summed E-state index contributed by atoms with van der Waals surface area (Å²) < 4.78 is 25.3. The first kappa shape index (κ1) is 20.4. The molecule has 8 heteroatoms. The lowest BCUT2D eigenvalue weighted by Gasteiger charge is -2.26. The Balaban J connectivity index is 2.13. The van der Waals surface area contributed by atoms with Crippen LogP contribution in [-0.4, -0.2) is 62.7 Å². The zero-order chi connectivity index (χ0) is 19.5. The van der Waals surface area contributed by atoms with Crippen molar-refractivity contribution in [1.29, 1.82) is 0 Å². The highest BCUT2D eigenvalue weighted by Crippen LogP contribution is 2.16. The van der Waals surface area contributed by atoms with Crippen LogP contribution in [0.15, 0.2) is 29.2 Å². The Morgan fingerprint density at radius 3 is 2.08 bits per heavy atom. The Hall–Kier alpha value is -1.93. The molecule has 0 bridgehead atoms. The fourth-order valence-electron chi connectivity index (χ4n) is 2.86. The molecule has 0 aliphatic carbocycles. The van der Waals surface area contributed by atoms with E-state index >= 15 is 0 Å². The van der Waals surface area contributed by atoms with E-state index in [0.717, 1.165) is 30.2 Å². The van der Waals surface area contributed by atoms with Crippen molar-refractivity contribution in [2.75, 3.05) is 27.2 Å². The summed E-state index contributed by atoms with van der Waals surface area (Å²) in [4.78, 5) is 27.1. The smallest absolute Gasteiger partial charge is 0.251 e. The summed E-state index contributed by atoms with van der Waals surface area (Å²) in [5.41, 5.74) is 0.322. The molecule has 2 rings (SSSR count). The van der Waals surface area contributed by atoms with Crippen LogP contribution < -0.4 is 5.32 Å². The van der Waals surface area contributed by atoms with Crippen molar-refractivity contribution in [2.24, 2.45) is 5.92 Å². The van der Waals surface area contributed by atoms with Crippen LogP contribution in [0, 0.1) is 5.92 Å². The molecular weight excluding hydrogens is 354 g/mol. The van der Waals surface area contributed by atoms with E-state index in [2.05, 4.69) is 5.32 Å². The average Bonchev–Trinajstić information content (AvgIpc) is 3.13. The Morgan fingerprint density at radius 2 is 1.62 bits per heavy atom. The molecule has 1 aromatic rings. The number of sulfonamides is 1. The monoisotopic (exact) mass is 381 g/mol. The van der Waals surface area contributed by atoms with Crippen molar-refractivity contribution in [1.82, 2.24) is 14.5 Å². The van der Waals surface area contributed by atoms with Gasteiger partial charge in [0.25, 0.3) is 5.91 Å². The largest absolute Gasteiger partial charge is 0.341 e. The van der Waals surface area contributed by atoms with E-state index in [1.807, 2.05) is 13.8 Å². The third-order valence-corrected chi connectivity index (χ3v) is 6.36. The zero-order valence-electron chi connectivity index (χ0n) is 15.7. The van der Waals surface area contributed by atoms with Crippen molar-refractivity contribution in [3.8, 4) is 0 Å². The molecule has 0 spiro atoms. The maximum absolute atomic E-state index is 12.6. The molecule has 0 aromatic heterocycles. The average molecular weight is 381 g/mol. The summed E-state index contributed by atoms with van der Waals surface area (Å²) in [6.07, 6.45) is 1.98. The van der Waals surface area contributed by atoms with Gasteiger partial charge >= 0.3 is 0 Å². The molecule has 0 unspecified atom stereocenters. The normalized spacial score (nSPS) is 16.2. The number of nitrogens with zero attached hydrogens (tertiary/aromatic N) is 2. The van der Waals surface area contributed by atoms with Gasteiger partial charge in [0, 0.05) is 32.7 Å². The lowest BCUT2D eigenvalue weighted by Crippen LogP contribution is -2.50. The SMILES string of the molecule is CC(C)[C@H](NC(=O)c1ccc(S(=O)(=O)N(C)C)cc1)C(=O)N1CCCC1. The Kier molecular flexibility index (Phi) is 6.41. The van der Waals surface area contributed by atoms with Crippen molar-refractivity contribution < 1.29 is 18.0 Å². The van der Waals surface area contributed by atoms with E-state index in [1.54, 1.807) is 4.90 Å². The number of hydrogen-bond donors (Lipinski definition) is 1. The minimum Gasteiger partial charge on any atom is -0.341 e. The summed E-state index contributed by atoms with van der Waals surface area (Å²) in [5, 5.41) is 2.80. The molecule has 26 heavy (non-hydrogen) atoms. The summed E-state index contributed by atoms with van der Waals surface area (Å²) in [5.74, 6) is -0.483. The maximum Gasteiger partial charge on any atom is 0.251 e. The van der Waals surface area contributed by atoms with Crippen LogP contribution in [0.4, 0.5) is 0 Å². The third-order valence-electron chi connectivity index (χ3n) is 4.53. The fraction of sp³-hybridized carbons (Fsp3) is 0.556. The van der Waals surface area contributed by atoms with Crippen LogP contribution in [0.5, 0.6) is 0 Å². The van der Waals surface area contributed by atoms with Crippen LogP contribution in [0.3, 0.4) is 0 Å². The number of carbonyl (C=O) groups is 2. The van der Waals surface area contributed by atoms with Gasteiger partial charge in [-0.15, -0.1) is 0 Å². The van der Waals surface area contributed by atoms with Crippen molar-refractivity contribution in [3.63, 3.8) is 0 Å². The fourth-order valence-corrected chi connectivity index (χ4v) is 3.76. The first-order chi connectivity index (χ1) is 12.1. The van der Waals surface area contributed by atoms with Gasteiger partial charge in [0.15, 0.2) is 0 Å². The number of rotatable bonds is 6. The molecule has 1 fully saturated rings. The summed E-state index contributed by atoms with van der Waals surface area (Å²) >= 11 is 0. The molecule has 7 nitrogen and oxygen atoms in total. The van der Waals surface area contributed by atoms with E-state index in [9.17, 15) is 18.0 Å². The summed E-state index contributed by atoms with van der Waals surface area (Å²) in [6, 6.07) is 5.13. The molecule has 1 aliphatic rings. The molecule has 0 saturated carbocycles. The molecule has 1 saturated heterocycles. The molecule has 1 aliphatic heterocycles. The minimum atomic E-state index is -3.54. The lowest BCUT2D eigenvalue weighted by atomic mass is 10.0. The zero-order valence-corrected chi connectivity index (χ0v) is 16.5. The van der Waals surface area contributed by atoms with Gasteiger partial charge in [-0.1, -0.05) is 13.8 Å². The highest BCUT2D eigenvalue weighted by atomic mass is 32.2. The first-order valence-electron chi connectivity index (χ1n) is 8.77. The summed E-state index contributed by atoms with van der Waals surface area (Å²) in [7, 11) is -0.636. The van der Waals surface area contributed by atoms with Crippen molar-refractivity contribution in [3.05, 3.63) is 29.8 Å². The molecule has 2 amide bonds. The van der Waals surface area contributed by atoms with E-state index < -0.39 is 16.1 Å². The van der Waals surface area contributed by atoms with Gasteiger partial charge in [0.05, 0.1) is 4.90 Å². The standard InChI is InChI=1S/C18H27N3O4S/c1-13(2)16(18(23)21-11-5-6-12-21)19-17(22)14-7-9-15(10-8-14)26(24,25)20(3)4/h7-10,13,16H,5-6,11-12H2,1-4H3,(H,19,22)/t16-/m0/s1. The van der Waals surface area contributed by atoms with E-state index in [0.29, 0.717) is 5.56 Å². The predicted octanol–water partition coefficient (Wildman–Crippen LogP) is 1.31. The molecule has 1 aromatic carbocycles. The third kappa shape index (κ3) is 4.42. The highest BCUT2D eigenvalue weighted by Gasteiger charge is 2.30. The van der Waals surface area contributed by atoms with E-state index in [-0.39, 0.29) is 22.6 Å². The highest BCUT2D eigenvalue weighted by molar-refractivity contribution is 7.89. The van der Waals surface area contributed by atoms with Crippen molar-refractivity contribution in [2.45, 2.75) is 37.6 Å². The molecule has 1 heterocycles. The molecule has 144 valence electrons. The number of likely N-dealkylation sites (tertiary alicyclic amines) is 1. The van der Waals surface area contributed by atoms with Gasteiger partial charge in [-0.05, 0) is 43.0 Å². The van der Waals surface area contributed by atoms with Gasteiger partial charge in [0.2, 0.25) is 15.9 Å².